The van der Waals surface area contributed by atoms with Gasteiger partial charge in [-0.3, -0.25) is 4.79 Å². The molecule has 2 aromatic rings. The number of anilines is 1. The van der Waals surface area contributed by atoms with Crippen molar-refractivity contribution in [2.75, 3.05) is 18.0 Å². The number of nitrogens with zero attached hydrogens (tertiary/aromatic N) is 4. The van der Waals surface area contributed by atoms with Gasteiger partial charge in [0.1, 0.15) is 11.4 Å². The van der Waals surface area contributed by atoms with E-state index in [4.69, 9.17) is 0 Å². The lowest BCUT2D eigenvalue weighted by atomic mass is 10.1. The number of amides is 1. The van der Waals surface area contributed by atoms with E-state index in [0.717, 1.165) is 24.6 Å². The van der Waals surface area contributed by atoms with Crippen molar-refractivity contribution < 1.29 is 4.79 Å². The van der Waals surface area contributed by atoms with Crippen LogP contribution in [-0.4, -0.2) is 39.6 Å². The zero-order chi connectivity index (χ0) is 16.7. The minimum absolute atomic E-state index is 0.0629. The number of carbonyl (C=O) groups is 1. The first-order chi connectivity index (χ1) is 11.6. The van der Waals surface area contributed by atoms with E-state index in [9.17, 15) is 4.79 Å². The highest BCUT2D eigenvalue weighted by Gasteiger charge is 2.30. The average molecular weight is 327 g/mol. The minimum Gasteiger partial charge on any atom is -0.356 e. The van der Waals surface area contributed by atoms with Crippen LogP contribution in [0.4, 0.5) is 5.82 Å². The van der Waals surface area contributed by atoms with Gasteiger partial charge in [-0.25, -0.2) is 4.98 Å². The largest absolute Gasteiger partial charge is 0.356 e. The lowest BCUT2D eigenvalue weighted by Crippen LogP contribution is -2.34. The Morgan fingerprint density at radius 1 is 1.29 bits per heavy atom. The number of carbonyl (C=O) groups excluding carboxylic acids is 1. The molecule has 1 amide bonds. The van der Waals surface area contributed by atoms with Crippen molar-refractivity contribution in [1.82, 2.24) is 19.9 Å². The second-order valence-electron chi connectivity index (χ2n) is 7.20. The maximum absolute atomic E-state index is 12.6. The number of hydrogen-bond acceptors (Lipinski definition) is 4. The summed E-state index contributed by atoms with van der Waals surface area (Å²) >= 11 is 0. The van der Waals surface area contributed by atoms with Crippen LogP contribution < -0.4 is 10.2 Å². The summed E-state index contributed by atoms with van der Waals surface area (Å²) in [6, 6.07) is 2.29. The summed E-state index contributed by atoms with van der Waals surface area (Å²) < 4.78 is 1.83. The van der Waals surface area contributed by atoms with Crippen molar-refractivity contribution in [2.45, 2.75) is 52.0 Å². The van der Waals surface area contributed by atoms with Crippen LogP contribution in [0.5, 0.6) is 0 Å². The fourth-order valence-electron chi connectivity index (χ4n) is 3.57. The van der Waals surface area contributed by atoms with Gasteiger partial charge in [-0.2, -0.15) is 9.61 Å². The quantitative estimate of drug-likeness (QED) is 0.937. The fourth-order valence-corrected chi connectivity index (χ4v) is 3.57. The van der Waals surface area contributed by atoms with E-state index in [0.29, 0.717) is 17.1 Å². The monoisotopic (exact) mass is 327 g/mol. The predicted octanol–water partition coefficient (Wildman–Crippen LogP) is 2.56. The van der Waals surface area contributed by atoms with E-state index in [1.54, 1.807) is 6.20 Å². The summed E-state index contributed by atoms with van der Waals surface area (Å²) in [5.74, 6) is 1.62. The number of aromatic nitrogens is 3. The van der Waals surface area contributed by atoms with E-state index in [1.165, 1.54) is 32.1 Å². The molecule has 0 bridgehead atoms. The molecule has 2 aliphatic rings. The Hall–Kier alpha value is -2.11. The van der Waals surface area contributed by atoms with Gasteiger partial charge in [0.2, 0.25) is 0 Å². The van der Waals surface area contributed by atoms with Crippen LogP contribution in [0.2, 0.25) is 0 Å². The van der Waals surface area contributed by atoms with Crippen molar-refractivity contribution in [3.05, 3.63) is 23.5 Å². The van der Waals surface area contributed by atoms with Gasteiger partial charge >= 0.3 is 0 Å². The van der Waals surface area contributed by atoms with E-state index in [-0.39, 0.29) is 11.9 Å². The van der Waals surface area contributed by atoms with Gasteiger partial charge < -0.3 is 10.2 Å². The van der Waals surface area contributed by atoms with Crippen LogP contribution in [0, 0.1) is 12.8 Å². The number of fused-ring (bicyclic) bond motifs is 1. The van der Waals surface area contributed by atoms with Crippen LogP contribution in [0.1, 0.15) is 55.1 Å². The summed E-state index contributed by atoms with van der Waals surface area (Å²) in [7, 11) is 0. The van der Waals surface area contributed by atoms with Gasteiger partial charge in [-0.15, -0.1) is 0 Å². The van der Waals surface area contributed by atoms with Crippen molar-refractivity contribution in [1.29, 1.82) is 0 Å². The average Bonchev–Trinajstić information content (AvgIpc) is 3.35. The summed E-state index contributed by atoms with van der Waals surface area (Å²) in [5.41, 5.74) is 2.16. The van der Waals surface area contributed by atoms with E-state index in [2.05, 4.69) is 33.3 Å². The maximum atomic E-state index is 12.6. The first-order valence-electron chi connectivity index (χ1n) is 9.04. The van der Waals surface area contributed by atoms with Crippen molar-refractivity contribution >= 4 is 17.4 Å². The standard InChI is InChI=1S/C18H25N5O/c1-12-10-16(22-8-4-3-5-9-22)23-17(20-12)15(11-19-23)18(24)21-13(2)14-6-7-14/h10-11,13-14H,3-9H2,1-2H3,(H,21,24)/t13-/m0/s1. The smallest absolute Gasteiger partial charge is 0.256 e. The summed E-state index contributed by atoms with van der Waals surface area (Å²) in [5, 5.41) is 7.58. The molecule has 0 radical (unpaired) electrons. The highest BCUT2D eigenvalue weighted by atomic mass is 16.1. The highest BCUT2D eigenvalue weighted by molar-refractivity contribution is 6.00. The van der Waals surface area contributed by atoms with Crippen molar-refractivity contribution in [2.24, 2.45) is 5.92 Å². The second kappa shape index (κ2) is 6.07. The van der Waals surface area contributed by atoms with Crippen LogP contribution >= 0.6 is 0 Å². The molecular weight excluding hydrogens is 302 g/mol. The third kappa shape index (κ3) is 2.85. The molecule has 6 nitrogen and oxygen atoms in total. The van der Waals surface area contributed by atoms with Crippen LogP contribution in [0.25, 0.3) is 5.65 Å². The zero-order valence-corrected chi connectivity index (χ0v) is 14.5. The predicted molar refractivity (Wildman–Crippen MR) is 93.4 cm³/mol. The topological polar surface area (TPSA) is 62.5 Å². The molecule has 1 aliphatic heterocycles. The Balaban J connectivity index is 1.67. The lowest BCUT2D eigenvalue weighted by Gasteiger charge is -2.29. The molecule has 1 atom stereocenters. The first-order valence-corrected chi connectivity index (χ1v) is 9.04. The van der Waals surface area contributed by atoms with Gasteiger partial charge in [0.05, 0.1) is 6.20 Å². The summed E-state index contributed by atoms with van der Waals surface area (Å²) in [4.78, 5) is 19.6. The zero-order valence-electron chi connectivity index (χ0n) is 14.5. The van der Waals surface area contributed by atoms with E-state index < -0.39 is 0 Å². The first kappa shape index (κ1) is 15.4. The number of piperidine rings is 1. The Morgan fingerprint density at radius 3 is 2.75 bits per heavy atom. The van der Waals surface area contributed by atoms with Gasteiger partial charge in [0.15, 0.2) is 5.65 Å². The highest BCUT2D eigenvalue weighted by Crippen LogP contribution is 2.32. The number of hydrogen-bond donors (Lipinski definition) is 1. The third-order valence-corrected chi connectivity index (χ3v) is 5.19. The van der Waals surface area contributed by atoms with Gasteiger partial charge in [0.25, 0.3) is 5.91 Å². The molecule has 1 aliphatic carbocycles. The molecule has 1 N–H and O–H groups in total. The molecule has 2 fully saturated rings. The second-order valence-corrected chi connectivity index (χ2v) is 7.20. The minimum atomic E-state index is -0.0629. The molecule has 2 aromatic heterocycles. The molecular formula is C18H25N5O. The van der Waals surface area contributed by atoms with Crippen LogP contribution in [0.3, 0.4) is 0 Å². The normalized spacial score (nSPS) is 19.5. The number of aryl methyl sites for hydroxylation is 1. The molecule has 128 valence electrons. The number of rotatable bonds is 4. The molecule has 0 unspecified atom stereocenters. The molecule has 1 saturated carbocycles. The van der Waals surface area contributed by atoms with E-state index >= 15 is 0 Å². The third-order valence-electron chi connectivity index (χ3n) is 5.19. The molecule has 1 saturated heterocycles. The number of nitrogens with one attached hydrogen (secondary N) is 1. The molecule has 4 rings (SSSR count). The SMILES string of the molecule is Cc1cc(N2CCCCC2)n2ncc(C(=O)N[C@@H](C)C3CC3)c2n1. The molecule has 24 heavy (non-hydrogen) atoms. The Kier molecular flexibility index (Phi) is 3.90. The maximum Gasteiger partial charge on any atom is 0.256 e. The summed E-state index contributed by atoms with van der Waals surface area (Å²) in [6.45, 7) is 6.14. The Labute approximate surface area is 142 Å². The van der Waals surface area contributed by atoms with Gasteiger partial charge in [-0.05, 0) is 51.9 Å². The molecule has 6 heteroatoms. The Morgan fingerprint density at radius 2 is 2.04 bits per heavy atom. The van der Waals surface area contributed by atoms with E-state index in [1.807, 2.05) is 11.4 Å². The Bertz CT molecular complexity index is 758. The van der Waals surface area contributed by atoms with Crippen molar-refractivity contribution in [3.8, 4) is 0 Å². The van der Waals surface area contributed by atoms with Crippen LogP contribution in [0.15, 0.2) is 12.3 Å². The van der Waals surface area contributed by atoms with Gasteiger partial charge in [0, 0.05) is 30.9 Å². The van der Waals surface area contributed by atoms with Crippen LogP contribution in [-0.2, 0) is 0 Å². The fraction of sp³-hybridized carbons (Fsp3) is 0.611. The molecule has 0 spiro atoms. The molecule has 3 heterocycles. The van der Waals surface area contributed by atoms with Crippen molar-refractivity contribution in [3.63, 3.8) is 0 Å². The lowest BCUT2D eigenvalue weighted by molar-refractivity contribution is 0.0937. The van der Waals surface area contributed by atoms with Gasteiger partial charge in [-0.1, -0.05) is 0 Å². The summed E-state index contributed by atoms with van der Waals surface area (Å²) in [6.07, 6.45) is 7.78. The molecule has 0 aromatic carbocycles.